The fourth-order valence-corrected chi connectivity index (χ4v) is 2.35. The lowest BCUT2D eigenvalue weighted by Gasteiger charge is -2.44. The predicted molar refractivity (Wildman–Crippen MR) is 68.4 cm³/mol. The van der Waals surface area contributed by atoms with Gasteiger partial charge in [0.05, 0.1) is 0 Å². The Bertz CT molecular complexity index is 332. The van der Waals surface area contributed by atoms with Crippen LogP contribution in [0.4, 0.5) is 5.69 Å². The van der Waals surface area contributed by atoms with Crippen LogP contribution in [0.1, 0.15) is 13.8 Å². The molecule has 0 amide bonds. The van der Waals surface area contributed by atoms with Crippen molar-refractivity contribution in [3.05, 3.63) is 28.7 Å². The van der Waals surface area contributed by atoms with Gasteiger partial charge >= 0.3 is 0 Å². The van der Waals surface area contributed by atoms with Crippen molar-refractivity contribution in [2.45, 2.75) is 19.4 Å². The van der Waals surface area contributed by atoms with E-state index in [0.717, 1.165) is 24.1 Å². The molecule has 0 unspecified atom stereocenters. The van der Waals surface area contributed by atoms with E-state index in [1.807, 2.05) is 0 Å². The summed E-state index contributed by atoms with van der Waals surface area (Å²) in [5.74, 6) is 0. The average Bonchev–Trinajstić information content (AvgIpc) is 2.19. The van der Waals surface area contributed by atoms with Crippen LogP contribution in [0.15, 0.2) is 28.7 Å². The molecule has 2 nitrogen and oxygen atoms in total. The third-order valence-corrected chi connectivity index (χ3v) is 3.47. The van der Waals surface area contributed by atoms with E-state index in [9.17, 15) is 0 Å². The van der Waals surface area contributed by atoms with E-state index in [0.29, 0.717) is 0 Å². The number of rotatable bonds is 1. The molecule has 15 heavy (non-hydrogen) atoms. The second-order valence-electron chi connectivity index (χ2n) is 4.62. The Morgan fingerprint density at radius 3 is 2.53 bits per heavy atom. The van der Waals surface area contributed by atoms with Crippen molar-refractivity contribution in [3.8, 4) is 0 Å². The highest BCUT2D eigenvalue weighted by Crippen LogP contribution is 2.26. The Hall–Kier alpha value is -0.540. The number of anilines is 1. The first kappa shape index (κ1) is 11.0. The number of halogens is 1. The van der Waals surface area contributed by atoms with Crippen molar-refractivity contribution >= 4 is 21.6 Å². The van der Waals surface area contributed by atoms with Crippen LogP contribution in [-0.2, 0) is 0 Å². The van der Waals surface area contributed by atoms with Gasteiger partial charge < -0.3 is 10.2 Å². The smallest absolute Gasteiger partial charge is 0.0470 e. The molecule has 1 fully saturated rings. The highest BCUT2D eigenvalue weighted by molar-refractivity contribution is 9.10. The van der Waals surface area contributed by atoms with Crippen molar-refractivity contribution in [2.75, 3.05) is 24.5 Å². The molecule has 1 aromatic rings. The van der Waals surface area contributed by atoms with Gasteiger partial charge in [0.1, 0.15) is 0 Å². The molecule has 0 aliphatic carbocycles. The van der Waals surface area contributed by atoms with Crippen molar-refractivity contribution < 1.29 is 0 Å². The van der Waals surface area contributed by atoms with E-state index < -0.39 is 0 Å². The van der Waals surface area contributed by atoms with E-state index in [-0.39, 0.29) is 5.54 Å². The molecule has 0 saturated carbocycles. The van der Waals surface area contributed by atoms with Crippen molar-refractivity contribution in [3.63, 3.8) is 0 Å². The molecule has 2 rings (SSSR count). The van der Waals surface area contributed by atoms with Gasteiger partial charge in [0.25, 0.3) is 0 Å². The van der Waals surface area contributed by atoms with Gasteiger partial charge in [0.2, 0.25) is 0 Å². The lowest BCUT2D eigenvalue weighted by molar-refractivity contribution is 0.380. The first-order chi connectivity index (χ1) is 7.09. The van der Waals surface area contributed by atoms with E-state index >= 15 is 0 Å². The minimum atomic E-state index is 0.200. The molecule has 1 aliphatic rings. The van der Waals surface area contributed by atoms with Crippen LogP contribution in [0.3, 0.4) is 0 Å². The molecule has 0 radical (unpaired) electrons. The summed E-state index contributed by atoms with van der Waals surface area (Å²) in [6.07, 6.45) is 0. The molecule has 0 bridgehead atoms. The van der Waals surface area contributed by atoms with Crippen LogP contribution >= 0.6 is 15.9 Å². The first-order valence-electron chi connectivity index (χ1n) is 5.33. The minimum absolute atomic E-state index is 0.200. The highest BCUT2D eigenvalue weighted by Gasteiger charge is 2.29. The first-order valence-corrected chi connectivity index (χ1v) is 6.13. The number of hydrogen-bond acceptors (Lipinski definition) is 2. The molecule has 1 saturated heterocycles. The van der Waals surface area contributed by atoms with Gasteiger partial charge in [-0.15, -0.1) is 0 Å². The molecule has 1 N–H and O–H groups in total. The van der Waals surface area contributed by atoms with Crippen molar-refractivity contribution in [1.82, 2.24) is 5.32 Å². The summed E-state index contributed by atoms with van der Waals surface area (Å²) in [4.78, 5) is 2.47. The average molecular weight is 269 g/mol. The number of hydrogen-bond donors (Lipinski definition) is 1. The highest BCUT2D eigenvalue weighted by atomic mass is 79.9. The monoisotopic (exact) mass is 268 g/mol. The van der Waals surface area contributed by atoms with Crippen LogP contribution < -0.4 is 10.2 Å². The van der Waals surface area contributed by atoms with E-state index in [4.69, 9.17) is 0 Å². The molecule has 1 aromatic carbocycles. The summed E-state index contributed by atoms with van der Waals surface area (Å²) in [5.41, 5.74) is 1.51. The molecular formula is C12H17BrN2. The van der Waals surface area contributed by atoms with Gasteiger partial charge in [-0.2, -0.15) is 0 Å². The van der Waals surface area contributed by atoms with Gasteiger partial charge in [-0.25, -0.2) is 0 Å². The van der Waals surface area contributed by atoms with Crippen LogP contribution in [0.2, 0.25) is 0 Å². The molecule has 82 valence electrons. The number of piperazine rings is 1. The molecule has 3 heteroatoms. The molecule has 0 aromatic heterocycles. The summed E-state index contributed by atoms with van der Waals surface area (Å²) >= 11 is 3.47. The molecule has 0 atom stereocenters. The van der Waals surface area contributed by atoms with Crippen molar-refractivity contribution in [1.29, 1.82) is 0 Å². The third-order valence-electron chi connectivity index (χ3n) is 2.94. The summed E-state index contributed by atoms with van der Waals surface area (Å²) < 4.78 is 1.14. The summed E-state index contributed by atoms with van der Waals surface area (Å²) in [6, 6.07) is 8.56. The quantitative estimate of drug-likeness (QED) is 0.843. The standard InChI is InChI=1S/C12H17BrN2/c1-12(2)9-14-7-8-15(12)11-5-3-10(13)4-6-11/h3-6,14H,7-9H2,1-2H3. The Kier molecular flexibility index (Phi) is 3.03. The second-order valence-corrected chi connectivity index (χ2v) is 5.53. The summed E-state index contributed by atoms with van der Waals surface area (Å²) in [6.45, 7) is 7.75. The summed E-state index contributed by atoms with van der Waals surface area (Å²) in [5, 5.41) is 3.44. The van der Waals surface area contributed by atoms with Gasteiger partial charge in [0.15, 0.2) is 0 Å². The number of benzene rings is 1. The van der Waals surface area contributed by atoms with E-state index in [1.54, 1.807) is 0 Å². The lowest BCUT2D eigenvalue weighted by Crippen LogP contribution is -2.58. The summed E-state index contributed by atoms with van der Waals surface area (Å²) in [7, 11) is 0. The maximum absolute atomic E-state index is 3.47. The maximum Gasteiger partial charge on any atom is 0.0470 e. The topological polar surface area (TPSA) is 15.3 Å². The molecule has 0 spiro atoms. The van der Waals surface area contributed by atoms with Crippen molar-refractivity contribution in [2.24, 2.45) is 0 Å². The number of nitrogens with one attached hydrogen (secondary N) is 1. The van der Waals surface area contributed by atoms with Crippen LogP contribution in [0.5, 0.6) is 0 Å². The predicted octanol–water partition coefficient (Wildman–Crippen LogP) is 2.64. The fraction of sp³-hybridized carbons (Fsp3) is 0.500. The Balaban J connectivity index is 2.25. The second kappa shape index (κ2) is 4.14. The molecule has 1 aliphatic heterocycles. The van der Waals surface area contributed by atoms with Crippen LogP contribution in [-0.4, -0.2) is 25.2 Å². The van der Waals surface area contributed by atoms with Gasteiger partial charge in [0, 0.05) is 35.3 Å². The minimum Gasteiger partial charge on any atom is -0.364 e. The van der Waals surface area contributed by atoms with Crippen LogP contribution in [0, 0.1) is 0 Å². The Labute approximate surface area is 99.8 Å². The van der Waals surface area contributed by atoms with Crippen LogP contribution in [0.25, 0.3) is 0 Å². The number of nitrogens with zero attached hydrogens (tertiary/aromatic N) is 1. The fourth-order valence-electron chi connectivity index (χ4n) is 2.08. The lowest BCUT2D eigenvalue weighted by atomic mass is 9.99. The largest absolute Gasteiger partial charge is 0.364 e. The SMILES string of the molecule is CC1(C)CNCCN1c1ccc(Br)cc1. The van der Waals surface area contributed by atoms with E-state index in [1.165, 1.54) is 5.69 Å². The van der Waals surface area contributed by atoms with Gasteiger partial charge in [-0.1, -0.05) is 15.9 Å². The van der Waals surface area contributed by atoms with Gasteiger partial charge in [-0.3, -0.25) is 0 Å². The third kappa shape index (κ3) is 2.34. The Morgan fingerprint density at radius 1 is 1.27 bits per heavy atom. The Morgan fingerprint density at radius 2 is 1.93 bits per heavy atom. The zero-order chi connectivity index (χ0) is 10.9. The van der Waals surface area contributed by atoms with E-state index in [2.05, 4.69) is 64.3 Å². The normalized spacial score (nSPS) is 20.3. The zero-order valence-electron chi connectivity index (χ0n) is 9.26. The molecule has 1 heterocycles. The van der Waals surface area contributed by atoms with Gasteiger partial charge in [-0.05, 0) is 38.1 Å². The zero-order valence-corrected chi connectivity index (χ0v) is 10.8. The molecular weight excluding hydrogens is 252 g/mol. The maximum atomic E-state index is 3.47.